The maximum Gasteiger partial charge on any atom is 0.424 e. The minimum absolute atomic E-state index is 0.0166. The van der Waals surface area contributed by atoms with E-state index in [-0.39, 0.29) is 57.7 Å². The number of amides is 2. The normalized spacial score (nSPS) is 18.5. The van der Waals surface area contributed by atoms with Gasteiger partial charge in [0.1, 0.15) is 35.0 Å². The topological polar surface area (TPSA) is 137 Å². The number of pyridine rings is 2. The minimum atomic E-state index is -5.49. The number of alkyl halides is 6. The maximum atomic E-state index is 14.8. The molecule has 2 atom stereocenters. The Kier molecular flexibility index (Phi) is 8.49. The Morgan fingerprint density at radius 3 is 2.36 bits per heavy atom. The molecule has 2 aliphatic rings. The van der Waals surface area contributed by atoms with Crippen molar-refractivity contribution in [3.63, 3.8) is 0 Å². The average Bonchev–Trinajstić information content (AvgIpc) is 3.82. The Balaban J connectivity index is 1.39. The van der Waals surface area contributed by atoms with Gasteiger partial charge in [-0.1, -0.05) is 0 Å². The van der Waals surface area contributed by atoms with Crippen molar-refractivity contribution in [2.24, 2.45) is 5.73 Å². The Morgan fingerprint density at radius 2 is 1.74 bits per heavy atom. The number of nitrogens with two attached hydrogens (primary N) is 1. The number of rotatable bonds is 9. The fourth-order valence-corrected chi connectivity index (χ4v) is 5.45. The molecular weight excluding hydrogens is 677 g/mol. The zero-order valence-electron chi connectivity index (χ0n) is 26.0. The molecule has 2 aromatic heterocycles. The Morgan fingerprint density at radius 1 is 1.04 bits per heavy atom. The summed E-state index contributed by atoms with van der Waals surface area (Å²) in [5, 5.41) is 13.3. The number of carbonyl (C=O) groups excluding carboxylic acids is 2. The fraction of sp³-hybridized carbons (Fsp3) is 0.294. The number of hydrogen-bond acceptors (Lipinski definition) is 7. The quantitative estimate of drug-likeness (QED) is 0.187. The van der Waals surface area contributed by atoms with Gasteiger partial charge in [-0.3, -0.25) is 14.6 Å². The lowest BCUT2D eigenvalue weighted by Crippen LogP contribution is -2.51. The predicted octanol–water partition coefficient (Wildman–Crippen LogP) is 5.83. The number of nitrogens with one attached hydrogen (secondary N) is 1. The molecule has 0 spiro atoms. The summed E-state index contributed by atoms with van der Waals surface area (Å²) in [6.07, 6.45) is -7.56. The van der Waals surface area contributed by atoms with Crippen LogP contribution in [-0.2, 0) is 22.0 Å². The second-order valence-electron chi connectivity index (χ2n) is 12.2. The third-order valence-corrected chi connectivity index (χ3v) is 8.61. The van der Waals surface area contributed by atoms with Gasteiger partial charge in [-0.25, -0.2) is 9.37 Å². The number of ether oxygens (including phenoxy) is 2. The molecule has 0 radical (unpaired) electrons. The minimum Gasteiger partial charge on any atom is -0.490 e. The first kappa shape index (κ1) is 34.6. The largest absolute Gasteiger partial charge is 0.490 e. The molecule has 1 unspecified atom stereocenters. The predicted molar refractivity (Wildman–Crippen MR) is 162 cm³/mol. The van der Waals surface area contributed by atoms with Gasteiger partial charge in [0.25, 0.3) is 5.91 Å². The number of fused-ring (bicyclic) bond motifs is 1. The molecule has 4 aromatic rings. The van der Waals surface area contributed by atoms with E-state index >= 15 is 0 Å². The monoisotopic (exact) mass is 704 g/mol. The number of nitrogens with zero attached hydrogens (tertiary/aromatic N) is 2. The van der Waals surface area contributed by atoms with Crippen molar-refractivity contribution in [3.05, 3.63) is 95.2 Å². The molecule has 1 saturated carbocycles. The third kappa shape index (κ3) is 6.30. The van der Waals surface area contributed by atoms with Crippen molar-refractivity contribution in [3.8, 4) is 33.9 Å². The molecule has 1 fully saturated rings. The molecule has 2 aromatic carbocycles. The van der Waals surface area contributed by atoms with Crippen LogP contribution in [0.4, 0.5) is 30.7 Å². The lowest BCUT2D eigenvalue weighted by atomic mass is 9.81. The van der Waals surface area contributed by atoms with Crippen LogP contribution in [0, 0.1) is 5.82 Å². The highest BCUT2D eigenvalue weighted by Crippen LogP contribution is 2.48. The number of aromatic nitrogens is 2. The van der Waals surface area contributed by atoms with Crippen LogP contribution in [0.2, 0.25) is 0 Å². The summed E-state index contributed by atoms with van der Waals surface area (Å²) in [6.45, 7) is -0.555. The van der Waals surface area contributed by atoms with Gasteiger partial charge in [0, 0.05) is 40.2 Å². The summed E-state index contributed by atoms with van der Waals surface area (Å²) in [6, 6.07) is 9.78. The van der Waals surface area contributed by atoms with Gasteiger partial charge in [-0.2, -0.15) is 26.3 Å². The first-order chi connectivity index (χ1) is 23.4. The van der Waals surface area contributed by atoms with Gasteiger partial charge in [-0.05, 0) is 74.4 Å². The highest BCUT2D eigenvalue weighted by atomic mass is 19.4. The molecule has 6 rings (SSSR count). The van der Waals surface area contributed by atoms with Crippen LogP contribution >= 0.6 is 0 Å². The summed E-state index contributed by atoms with van der Waals surface area (Å²) in [5.41, 5.74) is -3.30. The van der Waals surface area contributed by atoms with Crippen molar-refractivity contribution in [2.75, 3.05) is 13.2 Å². The Bertz CT molecular complexity index is 1980. The Labute approximate surface area is 279 Å². The summed E-state index contributed by atoms with van der Waals surface area (Å²) in [7, 11) is 0. The number of hydrogen-bond donors (Lipinski definition) is 3. The number of primary amides is 1. The molecule has 50 heavy (non-hydrogen) atoms. The molecule has 1 aliphatic carbocycles. The van der Waals surface area contributed by atoms with Gasteiger partial charge in [0.05, 0.1) is 23.9 Å². The van der Waals surface area contributed by atoms with Crippen LogP contribution in [0.25, 0.3) is 22.4 Å². The lowest BCUT2D eigenvalue weighted by Gasteiger charge is -2.31. The van der Waals surface area contributed by atoms with Crippen molar-refractivity contribution in [1.29, 1.82) is 0 Å². The van der Waals surface area contributed by atoms with E-state index in [0.29, 0.717) is 19.0 Å². The second kappa shape index (κ2) is 12.3. The van der Waals surface area contributed by atoms with E-state index < -0.39 is 58.8 Å². The molecule has 1 aliphatic heterocycles. The summed E-state index contributed by atoms with van der Waals surface area (Å²) < 4.78 is 111. The SMILES string of the molecule is C[C@]1(C(N)=O)COc2c1cc(C(O)(CNC(=O)c1ccc(OC3CC3)c(-c3ccncc3C(F)(F)F)c1)C(F)(F)F)nc2-c1ccc(F)cc1. The van der Waals surface area contributed by atoms with Gasteiger partial charge in [0.15, 0.2) is 0 Å². The van der Waals surface area contributed by atoms with Crippen molar-refractivity contribution in [2.45, 2.75) is 49.2 Å². The highest BCUT2D eigenvalue weighted by Gasteiger charge is 2.57. The molecule has 2 amide bonds. The molecule has 16 heteroatoms. The summed E-state index contributed by atoms with van der Waals surface area (Å²) >= 11 is 0. The summed E-state index contributed by atoms with van der Waals surface area (Å²) in [4.78, 5) is 33.4. The van der Waals surface area contributed by atoms with Crippen LogP contribution in [0.1, 0.15) is 46.9 Å². The summed E-state index contributed by atoms with van der Waals surface area (Å²) in [5.74, 6) is -2.88. The van der Waals surface area contributed by atoms with E-state index in [2.05, 4.69) is 9.97 Å². The number of benzene rings is 2. The molecular formula is C34H27F7N4O5. The Hall–Kier alpha value is -5.25. The van der Waals surface area contributed by atoms with E-state index in [0.717, 1.165) is 42.6 Å². The van der Waals surface area contributed by atoms with E-state index in [1.54, 1.807) is 0 Å². The van der Waals surface area contributed by atoms with Crippen molar-refractivity contribution in [1.82, 2.24) is 15.3 Å². The smallest absolute Gasteiger partial charge is 0.424 e. The fourth-order valence-electron chi connectivity index (χ4n) is 5.45. The standard InChI is InChI=1S/C34H27F7N4O5/c1-31(30(42)47)16-49-28-23(31)13-26(45-27(28)17-2-5-19(35)6-3-17)32(48,34(39,40)41)15-44-29(46)18-4-9-25(50-20-7-8-20)22(12-18)21-10-11-43-14-24(21)33(36,37)38/h2-6,9-14,20,48H,7-8,15-16H2,1H3,(H2,42,47)(H,44,46)/t31-,32?/m0/s1. The lowest BCUT2D eigenvalue weighted by molar-refractivity contribution is -0.265. The van der Waals surface area contributed by atoms with E-state index in [9.17, 15) is 45.4 Å². The molecule has 3 heterocycles. The van der Waals surface area contributed by atoms with Crippen molar-refractivity contribution < 1.29 is 54.9 Å². The first-order valence-corrected chi connectivity index (χ1v) is 15.1. The highest BCUT2D eigenvalue weighted by molar-refractivity contribution is 5.96. The van der Waals surface area contributed by atoms with Crippen LogP contribution in [0.15, 0.2) is 67.0 Å². The van der Waals surface area contributed by atoms with E-state index in [1.165, 1.54) is 25.1 Å². The molecule has 0 saturated heterocycles. The zero-order valence-corrected chi connectivity index (χ0v) is 26.0. The number of carbonyl (C=O) groups is 2. The van der Waals surface area contributed by atoms with Gasteiger partial charge in [0.2, 0.25) is 11.5 Å². The van der Waals surface area contributed by atoms with Gasteiger partial charge in [-0.15, -0.1) is 0 Å². The van der Waals surface area contributed by atoms with Crippen molar-refractivity contribution >= 4 is 11.8 Å². The van der Waals surface area contributed by atoms with Crippen LogP contribution in [0.5, 0.6) is 11.5 Å². The maximum absolute atomic E-state index is 14.8. The molecule has 9 nitrogen and oxygen atoms in total. The molecule has 0 bridgehead atoms. The van der Waals surface area contributed by atoms with E-state index in [1.807, 2.05) is 5.32 Å². The number of aliphatic hydroxyl groups is 1. The zero-order chi connectivity index (χ0) is 36.2. The van der Waals surface area contributed by atoms with E-state index in [4.69, 9.17) is 15.2 Å². The van der Waals surface area contributed by atoms with Crippen LogP contribution in [0.3, 0.4) is 0 Å². The van der Waals surface area contributed by atoms with Crippen LogP contribution < -0.4 is 20.5 Å². The van der Waals surface area contributed by atoms with Crippen LogP contribution in [-0.4, -0.2) is 52.3 Å². The molecule has 262 valence electrons. The molecule has 4 N–H and O–H groups in total. The third-order valence-electron chi connectivity index (χ3n) is 8.61. The van der Waals surface area contributed by atoms with Gasteiger partial charge < -0.3 is 25.6 Å². The first-order valence-electron chi connectivity index (χ1n) is 15.1. The van der Waals surface area contributed by atoms with Gasteiger partial charge >= 0.3 is 12.4 Å². The second-order valence-corrected chi connectivity index (χ2v) is 12.2. The number of halogens is 7. The average molecular weight is 705 g/mol.